The highest BCUT2D eigenvalue weighted by Gasteiger charge is 2.40. The summed E-state index contributed by atoms with van der Waals surface area (Å²) in [7, 11) is -3.67. The smallest absolute Gasteiger partial charge is 0.308 e. The zero-order chi connectivity index (χ0) is 16.1. The Morgan fingerprint density at radius 2 is 2.14 bits per heavy atom. The van der Waals surface area contributed by atoms with Crippen LogP contribution in [0.2, 0.25) is 0 Å². The highest BCUT2D eigenvalue weighted by molar-refractivity contribution is 7.89. The number of hydrogen-bond donors (Lipinski definition) is 1. The number of hydrogen-bond acceptors (Lipinski definition) is 5. The third kappa shape index (κ3) is 2.51. The van der Waals surface area contributed by atoms with Crippen LogP contribution in [0.5, 0.6) is 0 Å². The van der Waals surface area contributed by atoms with Gasteiger partial charge in [0.2, 0.25) is 10.0 Å². The largest absolute Gasteiger partial charge is 0.481 e. The van der Waals surface area contributed by atoms with Crippen molar-refractivity contribution in [2.24, 2.45) is 11.8 Å². The van der Waals surface area contributed by atoms with Crippen molar-refractivity contribution in [1.82, 2.24) is 9.29 Å². The number of aliphatic carboxylic acids is 1. The predicted molar refractivity (Wildman–Crippen MR) is 83.4 cm³/mol. The summed E-state index contributed by atoms with van der Waals surface area (Å²) in [5.74, 6) is -1.79. The Morgan fingerprint density at radius 1 is 1.41 bits per heavy atom. The lowest BCUT2D eigenvalue weighted by Gasteiger charge is -2.16. The third-order valence-corrected chi connectivity index (χ3v) is 6.76. The van der Waals surface area contributed by atoms with E-state index in [9.17, 15) is 13.2 Å². The summed E-state index contributed by atoms with van der Waals surface area (Å²) in [6, 6.07) is 4.85. The number of fused-ring (bicyclic) bond motifs is 1. The van der Waals surface area contributed by atoms with Crippen molar-refractivity contribution in [3.05, 3.63) is 23.2 Å². The Kier molecular flexibility index (Phi) is 3.70. The Bertz CT molecular complexity index is 844. The molecule has 0 aliphatic carbocycles. The fraction of sp³-hybridized carbons (Fsp3) is 0.429. The Balaban J connectivity index is 1.96. The molecule has 8 heteroatoms. The highest BCUT2D eigenvalue weighted by Crippen LogP contribution is 2.31. The molecule has 6 nitrogen and oxygen atoms in total. The minimum atomic E-state index is -3.67. The first-order chi connectivity index (χ1) is 10.3. The SMILES string of the molecule is Cc1nc2ccc(S(=O)(=O)N3C[C@@H](C)[C@H](C(=O)O)C3)cc2s1. The van der Waals surface area contributed by atoms with E-state index in [1.165, 1.54) is 21.7 Å². The van der Waals surface area contributed by atoms with E-state index in [1.54, 1.807) is 19.1 Å². The first-order valence-corrected chi connectivity index (χ1v) is 9.15. The van der Waals surface area contributed by atoms with Crippen molar-refractivity contribution < 1.29 is 18.3 Å². The summed E-state index contributed by atoms with van der Waals surface area (Å²) < 4.78 is 27.5. The third-order valence-electron chi connectivity index (χ3n) is 4.00. The predicted octanol–water partition coefficient (Wildman–Crippen LogP) is 1.95. The van der Waals surface area contributed by atoms with Gasteiger partial charge in [-0.2, -0.15) is 4.31 Å². The van der Waals surface area contributed by atoms with E-state index in [4.69, 9.17) is 5.11 Å². The molecule has 1 aliphatic rings. The molecular weight excluding hydrogens is 324 g/mol. The number of aryl methyl sites for hydroxylation is 1. The topological polar surface area (TPSA) is 87.6 Å². The van der Waals surface area contributed by atoms with E-state index in [0.29, 0.717) is 0 Å². The van der Waals surface area contributed by atoms with Crippen LogP contribution in [-0.2, 0) is 14.8 Å². The molecule has 2 aromatic rings. The lowest BCUT2D eigenvalue weighted by Crippen LogP contribution is -2.30. The Morgan fingerprint density at radius 3 is 2.77 bits per heavy atom. The highest BCUT2D eigenvalue weighted by atomic mass is 32.2. The summed E-state index contributed by atoms with van der Waals surface area (Å²) in [4.78, 5) is 15.7. The van der Waals surface area contributed by atoms with Gasteiger partial charge in [-0.3, -0.25) is 4.79 Å². The normalized spacial score (nSPS) is 23.2. The second-order valence-corrected chi connectivity index (χ2v) is 8.78. The Labute approximate surface area is 132 Å². The van der Waals surface area contributed by atoms with Crippen LogP contribution in [0.1, 0.15) is 11.9 Å². The van der Waals surface area contributed by atoms with Crippen molar-refractivity contribution in [2.75, 3.05) is 13.1 Å². The molecule has 0 amide bonds. The molecule has 0 unspecified atom stereocenters. The van der Waals surface area contributed by atoms with Gasteiger partial charge in [-0.25, -0.2) is 13.4 Å². The van der Waals surface area contributed by atoms with E-state index in [0.717, 1.165) is 15.2 Å². The molecule has 22 heavy (non-hydrogen) atoms. The van der Waals surface area contributed by atoms with E-state index in [2.05, 4.69) is 4.98 Å². The maximum Gasteiger partial charge on any atom is 0.308 e. The molecular formula is C14H16N2O4S2. The number of carboxylic acids is 1. The number of carbonyl (C=O) groups is 1. The molecule has 0 spiro atoms. The van der Waals surface area contributed by atoms with Crippen LogP contribution in [0.15, 0.2) is 23.1 Å². The maximum atomic E-state index is 12.7. The molecule has 0 radical (unpaired) electrons. The molecule has 1 N–H and O–H groups in total. The average Bonchev–Trinajstić information content (AvgIpc) is 2.99. The minimum Gasteiger partial charge on any atom is -0.481 e. The number of thiazole rings is 1. The lowest BCUT2D eigenvalue weighted by atomic mass is 9.99. The molecule has 1 aromatic heterocycles. The van der Waals surface area contributed by atoms with Crippen LogP contribution in [0, 0.1) is 18.8 Å². The zero-order valence-electron chi connectivity index (χ0n) is 12.2. The monoisotopic (exact) mass is 340 g/mol. The van der Waals surface area contributed by atoms with Crippen molar-refractivity contribution in [1.29, 1.82) is 0 Å². The maximum absolute atomic E-state index is 12.7. The summed E-state index contributed by atoms with van der Waals surface area (Å²) >= 11 is 1.44. The van der Waals surface area contributed by atoms with Crippen molar-refractivity contribution >= 4 is 37.5 Å². The van der Waals surface area contributed by atoms with Crippen molar-refractivity contribution in [3.63, 3.8) is 0 Å². The fourth-order valence-corrected chi connectivity index (χ4v) is 5.30. The molecule has 1 fully saturated rings. The van der Waals surface area contributed by atoms with Gasteiger partial charge in [-0.1, -0.05) is 6.92 Å². The van der Waals surface area contributed by atoms with Gasteiger partial charge in [-0.15, -0.1) is 11.3 Å². The molecule has 118 valence electrons. The molecule has 2 atom stereocenters. The van der Waals surface area contributed by atoms with Gasteiger partial charge in [0.1, 0.15) is 0 Å². The number of rotatable bonds is 3. The first kappa shape index (κ1) is 15.4. The summed E-state index contributed by atoms with van der Waals surface area (Å²) in [5, 5.41) is 10.0. The van der Waals surface area contributed by atoms with E-state index < -0.39 is 21.9 Å². The molecule has 1 aromatic carbocycles. The van der Waals surface area contributed by atoms with Crippen LogP contribution in [-0.4, -0.2) is 41.9 Å². The van der Waals surface area contributed by atoms with Gasteiger partial charge >= 0.3 is 5.97 Å². The van der Waals surface area contributed by atoms with E-state index in [1.807, 2.05) is 6.92 Å². The standard InChI is InChI=1S/C14H16N2O4S2/c1-8-6-16(7-11(8)14(17)18)22(19,20)10-3-4-12-13(5-10)21-9(2)15-12/h3-5,8,11H,6-7H2,1-2H3,(H,17,18)/t8-,11-/m1/s1. The zero-order valence-corrected chi connectivity index (χ0v) is 13.8. The molecule has 0 bridgehead atoms. The van der Waals surface area contributed by atoms with Crippen LogP contribution >= 0.6 is 11.3 Å². The van der Waals surface area contributed by atoms with Crippen molar-refractivity contribution in [2.45, 2.75) is 18.7 Å². The average molecular weight is 340 g/mol. The van der Waals surface area contributed by atoms with Gasteiger partial charge < -0.3 is 5.11 Å². The fourth-order valence-electron chi connectivity index (χ4n) is 2.77. The second kappa shape index (κ2) is 5.29. The Hall–Kier alpha value is -1.51. The van der Waals surface area contributed by atoms with Crippen LogP contribution in [0.25, 0.3) is 10.2 Å². The number of benzene rings is 1. The molecule has 1 saturated heterocycles. The number of carboxylic acid groups (broad SMARTS) is 1. The molecule has 2 heterocycles. The van der Waals surface area contributed by atoms with Crippen LogP contribution < -0.4 is 0 Å². The van der Waals surface area contributed by atoms with Gasteiger partial charge in [-0.05, 0) is 31.0 Å². The molecule has 3 rings (SSSR count). The summed E-state index contributed by atoms with van der Waals surface area (Å²) in [6.07, 6.45) is 0. The van der Waals surface area contributed by atoms with Crippen LogP contribution in [0.4, 0.5) is 0 Å². The second-order valence-electron chi connectivity index (χ2n) is 5.61. The number of nitrogens with zero attached hydrogens (tertiary/aromatic N) is 2. The van der Waals surface area contributed by atoms with Gasteiger partial charge in [0.25, 0.3) is 0 Å². The summed E-state index contributed by atoms with van der Waals surface area (Å²) in [5.41, 5.74) is 0.777. The number of aromatic nitrogens is 1. The quantitative estimate of drug-likeness (QED) is 0.922. The van der Waals surface area contributed by atoms with E-state index >= 15 is 0 Å². The minimum absolute atomic E-state index is 0.0264. The first-order valence-electron chi connectivity index (χ1n) is 6.89. The van der Waals surface area contributed by atoms with Gasteiger partial charge in [0.15, 0.2) is 0 Å². The van der Waals surface area contributed by atoms with E-state index in [-0.39, 0.29) is 23.9 Å². The molecule has 0 saturated carbocycles. The van der Waals surface area contributed by atoms with Crippen LogP contribution in [0.3, 0.4) is 0 Å². The van der Waals surface area contributed by atoms with Crippen molar-refractivity contribution in [3.8, 4) is 0 Å². The number of sulfonamides is 1. The van der Waals surface area contributed by atoms with Gasteiger partial charge in [0.05, 0.1) is 26.0 Å². The summed E-state index contributed by atoms with van der Waals surface area (Å²) in [6.45, 7) is 3.90. The lowest BCUT2D eigenvalue weighted by molar-refractivity contribution is -0.142. The van der Waals surface area contributed by atoms with Gasteiger partial charge in [0, 0.05) is 13.1 Å². The molecule has 1 aliphatic heterocycles.